The van der Waals surface area contributed by atoms with Crippen LogP contribution in [0.15, 0.2) is 36.5 Å². The van der Waals surface area contributed by atoms with Crippen molar-refractivity contribution in [2.75, 3.05) is 14.1 Å². The fourth-order valence-electron chi connectivity index (χ4n) is 2.96. The molecule has 0 aliphatic carbocycles. The molecule has 20 heavy (non-hydrogen) atoms. The first-order chi connectivity index (χ1) is 9.56. The van der Waals surface area contributed by atoms with Crippen molar-refractivity contribution in [3.63, 3.8) is 0 Å². The third-order valence-electron chi connectivity index (χ3n) is 4.34. The van der Waals surface area contributed by atoms with E-state index >= 15 is 0 Å². The number of Topliss-reactive ketones (excluding diaryl/α,β-unsaturated/α-hetero) is 1. The fraction of sp³-hybridized carbons (Fsp3) is 0.412. The Morgan fingerprint density at radius 3 is 2.45 bits per heavy atom. The number of rotatable bonds is 5. The molecule has 3 nitrogen and oxygen atoms in total. The maximum Gasteiger partial charge on any atom is 0.183 e. The van der Waals surface area contributed by atoms with Crippen LogP contribution in [0.4, 0.5) is 0 Å². The van der Waals surface area contributed by atoms with E-state index in [4.69, 9.17) is 0 Å². The molecule has 0 atom stereocenters. The Morgan fingerprint density at radius 1 is 1.15 bits per heavy atom. The molecule has 0 aliphatic rings. The first kappa shape index (κ1) is 14.7. The summed E-state index contributed by atoms with van der Waals surface area (Å²) in [5.74, 6) is 0.186. The molecule has 1 aromatic heterocycles. The first-order valence-corrected chi connectivity index (χ1v) is 7.12. The van der Waals surface area contributed by atoms with Gasteiger partial charge in [0.05, 0.1) is 11.1 Å². The van der Waals surface area contributed by atoms with E-state index in [1.807, 2.05) is 49.3 Å². The lowest BCUT2D eigenvalue weighted by Crippen LogP contribution is -2.50. The lowest BCUT2D eigenvalue weighted by molar-refractivity contribution is 0.0658. The number of likely N-dealkylation sites (N-methyl/N-ethyl adjacent to an activating group) is 1. The zero-order valence-corrected chi connectivity index (χ0v) is 12.7. The fourth-order valence-corrected chi connectivity index (χ4v) is 2.96. The highest BCUT2D eigenvalue weighted by Crippen LogP contribution is 2.29. The SMILES string of the molecule is CCC(CC)(C(=O)c1cccc2ncccc12)N(C)C. The average Bonchev–Trinajstić information content (AvgIpc) is 2.48. The van der Waals surface area contributed by atoms with Gasteiger partial charge < -0.3 is 0 Å². The van der Waals surface area contributed by atoms with E-state index < -0.39 is 5.54 Å². The lowest BCUT2D eigenvalue weighted by Gasteiger charge is -2.37. The topological polar surface area (TPSA) is 33.2 Å². The number of fused-ring (bicyclic) bond motifs is 1. The second-order valence-corrected chi connectivity index (χ2v) is 5.34. The van der Waals surface area contributed by atoms with Gasteiger partial charge >= 0.3 is 0 Å². The second-order valence-electron chi connectivity index (χ2n) is 5.34. The van der Waals surface area contributed by atoms with Crippen molar-refractivity contribution in [1.29, 1.82) is 0 Å². The van der Waals surface area contributed by atoms with Gasteiger partial charge in [-0.1, -0.05) is 32.0 Å². The summed E-state index contributed by atoms with van der Waals surface area (Å²) in [5.41, 5.74) is 1.20. The number of aromatic nitrogens is 1. The predicted octanol–water partition coefficient (Wildman–Crippen LogP) is 3.54. The largest absolute Gasteiger partial charge is 0.297 e. The van der Waals surface area contributed by atoms with Crippen LogP contribution in [-0.4, -0.2) is 35.3 Å². The van der Waals surface area contributed by atoms with Crippen LogP contribution >= 0.6 is 0 Å². The van der Waals surface area contributed by atoms with Crippen LogP contribution < -0.4 is 0 Å². The van der Waals surface area contributed by atoms with Crippen LogP contribution in [0.1, 0.15) is 37.0 Å². The molecule has 2 rings (SSSR count). The molecule has 0 N–H and O–H groups in total. The summed E-state index contributed by atoms with van der Waals surface area (Å²) in [5, 5.41) is 0.938. The molecule has 2 aromatic rings. The number of carbonyl (C=O) groups is 1. The molecule has 0 spiro atoms. The number of carbonyl (C=O) groups excluding carboxylic acids is 1. The molecule has 1 heterocycles. The summed E-state index contributed by atoms with van der Waals surface area (Å²) in [6.45, 7) is 4.15. The summed E-state index contributed by atoms with van der Waals surface area (Å²) >= 11 is 0. The molecule has 0 bridgehead atoms. The van der Waals surface area contributed by atoms with Crippen LogP contribution in [0.3, 0.4) is 0 Å². The standard InChI is InChI=1S/C17H22N2O/c1-5-17(6-2,19(3)4)16(20)14-9-7-11-15-13(14)10-8-12-18-15/h7-12H,5-6H2,1-4H3. The molecule has 0 amide bonds. The number of benzene rings is 1. The number of nitrogens with zero attached hydrogens (tertiary/aromatic N) is 2. The zero-order valence-electron chi connectivity index (χ0n) is 12.7. The van der Waals surface area contributed by atoms with Crippen LogP contribution in [0.5, 0.6) is 0 Å². The van der Waals surface area contributed by atoms with Crippen molar-refractivity contribution in [1.82, 2.24) is 9.88 Å². The normalized spacial score (nSPS) is 12.1. The highest BCUT2D eigenvalue weighted by molar-refractivity contribution is 6.11. The Labute approximate surface area is 120 Å². The molecule has 0 saturated heterocycles. The van der Waals surface area contributed by atoms with Gasteiger partial charge in [-0.05, 0) is 39.1 Å². The van der Waals surface area contributed by atoms with Crippen molar-refractivity contribution in [3.8, 4) is 0 Å². The minimum atomic E-state index is -0.440. The molecule has 0 radical (unpaired) electrons. The third-order valence-corrected chi connectivity index (χ3v) is 4.34. The minimum Gasteiger partial charge on any atom is -0.297 e. The quantitative estimate of drug-likeness (QED) is 0.779. The van der Waals surface area contributed by atoms with E-state index in [2.05, 4.69) is 18.8 Å². The summed E-state index contributed by atoms with van der Waals surface area (Å²) in [4.78, 5) is 19.5. The summed E-state index contributed by atoms with van der Waals surface area (Å²) in [6.07, 6.45) is 3.35. The van der Waals surface area contributed by atoms with Gasteiger partial charge in [0, 0.05) is 17.1 Å². The Hall–Kier alpha value is -1.74. The van der Waals surface area contributed by atoms with Gasteiger partial charge in [0.15, 0.2) is 5.78 Å². The number of hydrogen-bond acceptors (Lipinski definition) is 3. The van der Waals surface area contributed by atoms with Gasteiger partial charge in [-0.25, -0.2) is 0 Å². The molecule has 0 saturated carbocycles. The first-order valence-electron chi connectivity index (χ1n) is 7.12. The number of ketones is 1. The van der Waals surface area contributed by atoms with Crippen molar-refractivity contribution in [2.24, 2.45) is 0 Å². The third kappa shape index (κ3) is 2.22. The Kier molecular flexibility index (Phi) is 4.19. The minimum absolute atomic E-state index is 0.186. The van der Waals surface area contributed by atoms with Crippen LogP contribution in [0.2, 0.25) is 0 Å². The van der Waals surface area contributed by atoms with Crippen molar-refractivity contribution >= 4 is 16.7 Å². The highest BCUT2D eigenvalue weighted by Gasteiger charge is 2.38. The molecule has 0 fully saturated rings. The lowest BCUT2D eigenvalue weighted by atomic mass is 9.82. The van der Waals surface area contributed by atoms with E-state index in [1.165, 1.54) is 0 Å². The maximum absolute atomic E-state index is 13.1. The van der Waals surface area contributed by atoms with E-state index in [-0.39, 0.29) is 5.78 Å². The van der Waals surface area contributed by atoms with Gasteiger partial charge in [-0.3, -0.25) is 14.7 Å². The predicted molar refractivity (Wildman–Crippen MR) is 83.1 cm³/mol. The maximum atomic E-state index is 13.1. The van der Waals surface area contributed by atoms with Gasteiger partial charge in [0.2, 0.25) is 0 Å². The average molecular weight is 270 g/mol. The van der Waals surface area contributed by atoms with E-state index in [0.29, 0.717) is 0 Å². The molecule has 0 aliphatic heterocycles. The van der Waals surface area contributed by atoms with Gasteiger partial charge in [0.1, 0.15) is 0 Å². The highest BCUT2D eigenvalue weighted by atomic mass is 16.1. The molecule has 1 aromatic carbocycles. The van der Waals surface area contributed by atoms with Crippen LogP contribution in [0, 0.1) is 0 Å². The van der Waals surface area contributed by atoms with Gasteiger partial charge in [0.25, 0.3) is 0 Å². The summed E-state index contributed by atoms with van der Waals surface area (Å²) in [6, 6.07) is 9.63. The smallest absolute Gasteiger partial charge is 0.183 e. The molecular weight excluding hydrogens is 248 g/mol. The number of hydrogen-bond donors (Lipinski definition) is 0. The molecule has 0 unspecified atom stereocenters. The van der Waals surface area contributed by atoms with E-state index in [1.54, 1.807) is 6.20 Å². The monoisotopic (exact) mass is 270 g/mol. The van der Waals surface area contributed by atoms with Crippen molar-refractivity contribution in [3.05, 3.63) is 42.1 Å². The van der Waals surface area contributed by atoms with Crippen molar-refractivity contribution < 1.29 is 4.79 Å². The second kappa shape index (κ2) is 5.71. The van der Waals surface area contributed by atoms with Gasteiger partial charge in [-0.15, -0.1) is 0 Å². The zero-order chi connectivity index (χ0) is 14.8. The number of pyridine rings is 1. The molecular formula is C17H22N2O. The van der Waals surface area contributed by atoms with Crippen LogP contribution in [0.25, 0.3) is 10.9 Å². The Bertz CT molecular complexity index is 610. The van der Waals surface area contributed by atoms with Crippen molar-refractivity contribution in [2.45, 2.75) is 32.2 Å². The Morgan fingerprint density at radius 2 is 1.85 bits per heavy atom. The van der Waals surface area contributed by atoms with E-state index in [0.717, 1.165) is 29.3 Å². The molecule has 106 valence electrons. The van der Waals surface area contributed by atoms with E-state index in [9.17, 15) is 4.79 Å². The Balaban J connectivity index is 2.61. The van der Waals surface area contributed by atoms with Crippen LogP contribution in [-0.2, 0) is 0 Å². The summed E-state index contributed by atoms with van der Waals surface area (Å²) in [7, 11) is 3.96. The van der Waals surface area contributed by atoms with Gasteiger partial charge in [-0.2, -0.15) is 0 Å². The summed E-state index contributed by atoms with van der Waals surface area (Å²) < 4.78 is 0. The molecule has 3 heteroatoms.